The predicted molar refractivity (Wildman–Crippen MR) is 84.2 cm³/mol. The Morgan fingerprint density at radius 2 is 2.24 bits per heavy atom. The number of amides is 2. The normalized spacial score (nSPS) is 35.8. The first-order valence-electron chi connectivity index (χ1n) is 7.62. The minimum Gasteiger partial charge on any atom is -0.323 e. The lowest BCUT2D eigenvalue weighted by Gasteiger charge is -2.34. The molecule has 0 spiro atoms. The molecule has 0 aromatic heterocycles. The van der Waals surface area contributed by atoms with Crippen molar-refractivity contribution in [3.63, 3.8) is 0 Å². The fourth-order valence-corrected chi connectivity index (χ4v) is 4.83. The first-order chi connectivity index (χ1) is 9.84. The van der Waals surface area contributed by atoms with Crippen LogP contribution in [0.3, 0.4) is 0 Å². The molecule has 2 aliphatic carbocycles. The molecule has 2 atom stereocenters. The molecule has 0 radical (unpaired) electrons. The van der Waals surface area contributed by atoms with Gasteiger partial charge in [0, 0.05) is 23.4 Å². The second kappa shape index (κ2) is 5.00. The van der Waals surface area contributed by atoms with Gasteiger partial charge in [-0.05, 0) is 30.6 Å². The van der Waals surface area contributed by atoms with Gasteiger partial charge in [-0.2, -0.15) is 5.10 Å². The largest absolute Gasteiger partial charge is 0.323 e. The second-order valence-electron chi connectivity index (χ2n) is 7.12. The van der Waals surface area contributed by atoms with Gasteiger partial charge in [-0.25, -0.2) is 5.43 Å². The molecule has 2 saturated carbocycles. The van der Waals surface area contributed by atoms with Gasteiger partial charge in [-0.3, -0.25) is 9.59 Å². The number of fused-ring (bicyclic) bond motifs is 2. The summed E-state index contributed by atoms with van der Waals surface area (Å²) in [5.74, 6) is 1.26. The van der Waals surface area contributed by atoms with E-state index < -0.39 is 0 Å². The Kier molecular flexibility index (Phi) is 3.55. The molecule has 3 aliphatic rings. The number of hydrazone groups is 1. The van der Waals surface area contributed by atoms with Gasteiger partial charge in [0.1, 0.15) is 6.54 Å². The van der Waals surface area contributed by atoms with Gasteiger partial charge in [0.2, 0.25) is 0 Å². The topological polar surface area (TPSA) is 61.8 Å². The third-order valence-electron chi connectivity index (χ3n) is 6.01. The molecule has 0 aromatic rings. The van der Waals surface area contributed by atoms with E-state index in [2.05, 4.69) is 31.3 Å². The molecule has 0 unspecified atom stereocenters. The van der Waals surface area contributed by atoms with Gasteiger partial charge in [-0.1, -0.05) is 32.5 Å². The molecule has 1 heterocycles. The smallest absolute Gasteiger partial charge is 0.282 e. The number of nitrogens with zero attached hydrogens (tertiary/aromatic N) is 2. The van der Waals surface area contributed by atoms with Crippen molar-refractivity contribution in [1.29, 1.82) is 0 Å². The van der Waals surface area contributed by atoms with Gasteiger partial charge in [-0.15, -0.1) is 0 Å². The summed E-state index contributed by atoms with van der Waals surface area (Å²) in [6.07, 6.45) is 3.40. The number of carbonyl (C=O) groups is 2. The fourth-order valence-electron chi connectivity index (χ4n) is 4.01. The quantitative estimate of drug-likeness (QED) is 0.815. The molecule has 2 amide bonds. The molecular formula is C15H23N3O2S. The number of hydrogen-bond donors (Lipinski definition) is 1. The Labute approximate surface area is 129 Å². The Morgan fingerprint density at radius 1 is 1.48 bits per heavy atom. The highest BCUT2D eigenvalue weighted by Gasteiger charge is 2.60. The minimum atomic E-state index is -0.192. The minimum absolute atomic E-state index is 0.00850. The van der Waals surface area contributed by atoms with Gasteiger partial charge < -0.3 is 4.90 Å². The van der Waals surface area contributed by atoms with Crippen molar-refractivity contribution in [3.05, 3.63) is 0 Å². The molecule has 1 aliphatic heterocycles. The summed E-state index contributed by atoms with van der Waals surface area (Å²) in [5.41, 5.74) is 4.15. The molecule has 0 aromatic carbocycles. The van der Waals surface area contributed by atoms with Crippen LogP contribution in [0.1, 0.15) is 40.0 Å². The summed E-state index contributed by atoms with van der Waals surface area (Å²) in [6, 6.07) is 0. The molecule has 2 bridgehead atoms. The van der Waals surface area contributed by atoms with Crippen LogP contribution < -0.4 is 5.43 Å². The lowest BCUT2D eigenvalue weighted by molar-refractivity contribution is -0.121. The average Bonchev–Trinajstić information content (AvgIpc) is 2.97. The van der Waals surface area contributed by atoms with Crippen LogP contribution in [0.2, 0.25) is 0 Å². The number of rotatable bonds is 3. The molecule has 5 nitrogen and oxygen atoms in total. The van der Waals surface area contributed by atoms with E-state index in [4.69, 9.17) is 0 Å². The first-order valence-corrected chi connectivity index (χ1v) is 8.61. The molecule has 6 heteroatoms. The van der Waals surface area contributed by atoms with Crippen molar-refractivity contribution in [2.75, 3.05) is 18.8 Å². The maximum Gasteiger partial charge on any atom is 0.282 e. The van der Waals surface area contributed by atoms with E-state index in [1.165, 1.54) is 18.2 Å². The predicted octanol–water partition coefficient (Wildman–Crippen LogP) is 2.47. The van der Waals surface area contributed by atoms with E-state index in [9.17, 15) is 9.59 Å². The van der Waals surface area contributed by atoms with Crippen LogP contribution in [0.4, 0.5) is 4.79 Å². The molecule has 1 saturated heterocycles. The van der Waals surface area contributed by atoms with Crippen LogP contribution >= 0.6 is 11.8 Å². The van der Waals surface area contributed by atoms with Crippen LogP contribution in [0, 0.1) is 16.7 Å². The molecular weight excluding hydrogens is 286 g/mol. The molecule has 116 valence electrons. The van der Waals surface area contributed by atoms with Crippen molar-refractivity contribution >= 4 is 28.6 Å². The maximum atomic E-state index is 12.0. The van der Waals surface area contributed by atoms with Crippen molar-refractivity contribution in [2.24, 2.45) is 21.8 Å². The molecule has 21 heavy (non-hydrogen) atoms. The molecule has 3 rings (SSSR count). The third-order valence-corrected chi connectivity index (χ3v) is 6.90. The standard InChI is InChI=1S/C15H23N3O2S/c1-14(2)10-4-5-15(14,3)11(8-10)16-17-12(19)9-18-6-7-21-13(18)20/h10H,4-9H2,1-3H3,(H,17,19)/b16-11+/t10-,15+/m1/s1. The Balaban J connectivity index is 1.62. The summed E-state index contributed by atoms with van der Waals surface area (Å²) in [6.45, 7) is 7.67. The zero-order valence-electron chi connectivity index (χ0n) is 12.9. The summed E-state index contributed by atoms with van der Waals surface area (Å²) >= 11 is 1.27. The Bertz CT molecular complexity index is 517. The second-order valence-corrected chi connectivity index (χ2v) is 8.17. The van der Waals surface area contributed by atoms with Gasteiger partial charge in [0.15, 0.2) is 0 Å². The number of thioether (sulfide) groups is 1. The maximum absolute atomic E-state index is 12.0. The monoisotopic (exact) mass is 309 g/mol. The van der Waals surface area contributed by atoms with Crippen LogP contribution in [0.15, 0.2) is 5.10 Å². The van der Waals surface area contributed by atoms with E-state index in [1.54, 1.807) is 4.90 Å². The zero-order chi connectivity index (χ0) is 15.3. The van der Waals surface area contributed by atoms with Crippen molar-refractivity contribution in [2.45, 2.75) is 40.0 Å². The van der Waals surface area contributed by atoms with Gasteiger partial charge in [0.25, 0.3) is 11.1 Å². The summed E-state index contributed by atoms with van der Waals surface area (Å²) < 4.78 is 0. The van der Waals surface area contributed by atoms with Crippen molar-refractivity contribution in [3.8, 4) is 0 Å². The lowest BCUT2D eigenvalue weighted by atomic mass is 9.70. The third kappa shape index (κ3) is 2.28. The van der Waals surface area contributed by atoms with Crippen LogP contribution in [0.5, 0.6) is 0 Å². The van der Waals surface area contributed by atoms with E-state index in [0.29, 0.717) is 12.5 Å². The number of hydrogen-bond acceptors (Lipinski definition) is 4. The van der Waals surface area contributed by atoms with Crippen molar-refractivity contribution in [1.82, 2.24) is 10.3 Å². The highest BCUT2D eigenvalue weighted by atomic mass is 32.2. The van der Waals surface area contributed by atoms with E-state index >= 15 is 0 Å². The fraction of sp³-hybridized carbons (Fsp3) is 0.800. The lowest BCUT2D eigenvalue weighted by Crippen LogP contribution is -2.37. The Morgan fingerprint density at radius 3 is 2.76 bits per heavy atom. The van der Waals surface area contributed by atoms with E-state index in [1.807, 2.05) is 0 Å². The Hall–Kier alpha value is -1.04. The number of nitrogens with one attached hydrogen (secondary N) is 1. The number of carbonyl (C=O) groups excluding carboxylic acids is 2. The summed E-state index contributed by atoms with van der Waals surface area (Å²) in [4.78, 5) is 25.0. The summed E-state index contributed by atoms with van der Waals surface area (Å²) in [5, 5.41) is 4.40. The van der Waals surface area contributed by atoms with E-state index in [0.717, 1.165) is 24.3 Å². The summed E-state index contributed by atoms with van der Waals surface area (Å²) in [7, 11) is 0. The average molecular weight is 309 g/mol. The van der Waals surface area contributed by atoms with E-state index in [-0.39, 0.29) is 28.5 Å². The van der Waals surface area contributed by atoms with Crippen LogP contribution in [0.25, 0.3) is 0 Å². The molecule has 1 N–H and O–H groups in total. The van der Waals surface area contributed by atoms with Crippen molar-refractivity contribution < 1.29 is 9.59 Å². The molecule has 3 fully saturated rings. The van der Waals surface area contributed by atoms with Crippen LogP contribution in [-0.2, 0) is 4.79 Å². The first kappa shape index (κ1) is 14.9. The highest BCUT2D eigenvalue weighted by molar-refractivity contribution is 8.13. The SMILES string of the molecule is CC1(C)[C@@H]2CC[C@@]1(C)/C(=N/NC(=O)CN1CCSC1=O)C2. The van der Waals surface area contributed by atoms with Gasteiger partial charge in [0.05, 0.1) is 0 Å². The van der Waals surface area contributed by atoms with Gasteiger partial charge >= 0.3 is 0 Å². The zero-order valence-corrected chi connectivity index (χ0v) is 13.8. The highest BCUT2D eigenvalue weighted by Crippen LogP contribution is 2.63. The van der Waals surface area contributed by atoms with Crippen LogP contribution in [-0.4, -0.2) is 40.6 Å².